The SMILES string of the molecule is Cc1cc(Oc2cccnc2C(=O)O)c(Br)cc1[N+](=O)[O-]. The zero-order valence-electron chi connectivity index (χ0n) is 10.7. The molecule has 0 radical (unpaired) electrons. The van der Waals surface area contributed by atoms with Gasteiger partial charge in [-0.05, 0) is 41.1 Å². The summed E-state index contributed by atoms with van der Waals surface area (Å²) in [7, 11) is 0. The Morgan fingerprint density at radius 1 is 1.43 bits per heavy atom. The van der Waals surface area contributed by atoms with Gasteiger partial charge in [0.2, 0.25) is 0 Å². The van der Waals surface area contributed by atoms with Gasteiger partial charge in [-0.2, -0.15) is 0 Å². The summed E-state index contributed by atoms with van der Waals surface area (Å²) >= 11 is 3.17. The smallest absolute Gasteiger partial charge is 0.358 e. The molecule has 21 heavy (non-hydrogen) atoms. The molecule has 0 saturated carbocycles. The van der Waals surface area contributed by atoms with Crippen LogP contribution in [-0.4, -0.2) is 21.0 Å². The number of carbonyl (C=O) groups is 1. The van der Waals surface area contributed by atoms with Crippen molar-refractivity contribution < 1.29 is 19.6 Å². The minimum Gasteiger partial charge on any atom is -0.476 e. The van der Waals surface area contributed by atoms with Crippen LogP contribution in [0.15, 0.2) is 34.9 Å². The maximum atomic E-state index is 11.1. The number of carboxylic acid groups (broad SMARTS) is 1. The Labute approximate surface area is 127 Å². The van der Waals surface area contributed by atoms with E-state index in [1.54, 1.807) is 6.92 Å². The number of nitro benzene ring substituents is 1. The van der Waals surface area contributed by atoms with Gasteiger partial charge in [0, 0.05) is 17.8 Å². The van der Waals surface area contributed by atoms with E-state index in [-0.39, 0.29) is 22.9 Å². The Balaban J connectivity index is 2.44. The van der Waals surface area contributed by atoms with Gasteiger partial charge < -0.3 is 9.84 Å². The highest BCUT2D eigenvalue weighted by atomic mass is 79.9. The Morgan fingerprint density at radius 3 is 2.76 bits per heavy atom. The van der Waals surface area contributed by atoms with Gasteiger partial charge in [0.25, 0.3) is 5.69 Å². The van der Waals surface area contributed by atoms with E-state index in [2.05, 4.69) is 20.9 Å². The number of hydrogen-bond donors (Lipinski definition) is 1. The van der Waals surface area contributed by atoms with E-state index in [1.807, 2.05) is 0 Å². The van der Waals surface area contributed by atoms with Crippen molar-refractivity contribution in [3.8, 4) is 11.5 Å². The molecule has 0 aliphatic heterocycles. The van der Waals surface area contributed by atoms with Crippen molar-refractivity contribution in [2.75, 3.05) is 0 Å². The summed E-state index contributed by atoms with van der Waals surface area (Å²) < 4.78 is 5.85. The predicted molar refractivity (Wildman–Crippen MR) is 76.8 cm³/mol. The number of hydrogen-bond acceptors (Lipinski definition) is 5. The number of pyridine rings is 1. The molecular weight excluding hydrogens is 344 g/mol. The van der Waals surface area contributed by atoms with E-state index in [9.17, 15) is 14.9 Å². The van der Waals surface area contributed by atoms with E-state index >= 15 is 0 Å². The van der Waals surface area contributed by atoms with Crippen molar-refractivity contribution in [1.82, 2.24) is 4.98 Å². The van der Waals surface area contributed by atoms with Crippen LogP contribution in [0, 0.1) is 17.0 Å². The molecule has 108 valence electrons. The minimum atomic E-state index is -1.22. The van der Waals surface area contributed by atoms with Crippen LogP contribution in [0.25, 0.3) is 0 Å². The Hall–Kier alpha value is -2.48. The maximum absolute atomic E-state index is 11.1. The second-order valence-corrected chi connectivity index (χ2v) is 4.94. The molecule has 2 rings (SSSR count). The van der Waals surface area contributed by atoms with Crippen LogP contribution in [0.5, 0.6) is 11.5 Å². The summed E-state index contributed by atoms with van der Waals surface area (Å²) in [4.78, 5) is 25.1. The fraction of sp³-hybridized carbons (Fsp3) is 0.0769. The van der Waals surface area contributed by atoms with Gasteiger partial charge in [-0.3, -0.25) is 10.1 Å². The largest absolute Gasteiger partial charge is 0.476 e. The molecule has 0 fully saturated rings. The van der Waals surface area contributed by atoms with E-state index in [0.717, 1.165) is 0 Å². The maximum Gasteiger partial charge on any atom is 0.358 e. The molecule has 0 unspecified atom stereocenters. The van der Waals surface area contributed by atoms with Crippen molar-refractivity contribution >= 4 is 27.6 Å². The number of aryl methyl sites for hydroxylation is 1. The molecule has 0 saturated heterocycles. The first-order valence-electron chi connectivity index (χ1n) is 5.71. The lowest BCUT2D eigenvalue weighted by Crippen LogP contribution is -2.03. The fourth-order valence-electron chi connectivity index (χ4n) is 1.67. The summed E-state index contributed by atoms with van der Waals surface area (Å²) in [6.45, 7) is 1.57. The Kier molecular flexibility index (Phi) is 4.18. The van der Waals surface area contributed by atoms with Crippen LogP contribution >= 0.6 is 15.9 Å². The molecule has 0 amide bonds. The van der Waals surface area contributed by atoms with Gasteiger partial charge in [-0.25, -0.2) is 9.78 Å². The van der Waals surface area contributed by atoms with Crippen molar-refractivity contribution in [2.24, 2.45) is 0 Å². The molecule has 7 nitrogen and oxygen atoms in total. The highest BCUT2D eigenvalue weighted by Crippen LogP contribution is 2.35. The molecule has 0 aliphatic rings. The topological polar surface area (TPSA) is 103 Å². The number of rotatable bonds is 4. The van der Waals surface area contributed by atoms with E-state index in [0.29, 0.717) is 10.0 Å². The van der Waals surface area contributed by atoms with Gasteiger partial charge in [0.05, 0.1) is 9.40 Å². The van der Waals surface area contributed by atoms with Crippen molar-refractivity contribution in [1.29, 1.82) is 0 Å². The summed E-state index contributed by atoms with van der Waals surface area (Å²) in [6.07, 6.45) is 1.34. The number of ether oxygens (including phenoxy) is 1. The summed E-state index contributed by atoms with van der Waals surface area (Å²) in [5, 5.41) is 19.9. The molecule has 0 bridgehead atoms. The van der Waals surface area contributed by atoms with Gasteiger partial charge in [0.1, 0.15) is 5.75 Å². The fourth-order valence-corrected chi connectivity index (χ4v) is 2.08. The van der Waals surface area contributed by atoms with Gasteiger partial charge in [-0.15, -0.1) is 0 Å². The lowest BCUT2D eigenvalue weighted by Gasteiger charge is -2.10. The lowest BCUT2D eigenvalue weighted by molar-refractivity contribution is -0.385. The van der Waals surface area contributed by atoms with Crippen LogP contribution in [-0.2, 0) is 0 Å². The third-order valence-electron chi connectivity index (χ3n) is 2.64. The number of carboxylic acids is 1. The average molecular weight is 353 g/mol. The Bertz CT molecular complexity index is 732. The molecule has 8 heteroatoms. The van der Waals surface area contributed by atoms with Crippen LogP contribution < -0.4 is 4.74 Å². The summed E-state index contributed by atoms with van der Waals surface area (Å²) in [5.41, 5.74) is 0.109. The summed E-state index contributed by atoms with van der Waals surface area (Å²) in [6, 6.07) is 5.76. The van der Waals surface area contributed by atoms with Crippen molar-refractivity contribution in [3.63, 3.8) is 0 Å². The number of aromatic carboxylic acids is 1. The first-order chi connectivity index (χ1) is 9.90. The van der Waals surface area contributed by atoms with E-state index in [1.165, 1.54) is 30.5 Å². The predicted octanol–water partition coefficient (Wildman–Crippen LogP) is 3.55. The molecule has 1 heterocycles. The van der Waals surface area contributed by atoms with Crippen LogP contribution in [0.4, 0.5) is 5.69 Å². The Morgan fingerprint density at radius 2 is 2.14 bits per heavy atom. The first-order valence-corrected chi connectivity index (χ1v) is 6.50. The minimum absolute atomic E-state index is 0.0546. The van der Waals surface area contributed by atoms with Gasteiger partial charge in [-0.1, -0.05) is 0 Å². The number of halogens is 1. The number of aromatic nitrogens is 1. The van der Waals surface area contributed by atoms with Crippen LogP contribution in [0.2, 0.25) is 0 Å². The summed E-state index contributed by atoms with van der Waals surface area (Å²) in [5.74, 6) is -0.895. The highest BCUT2D eigenvalue weighted by molar-refractivity contribution is 9.10. The molecule has 0 atom stereocenters. The molecule has 0 aliphatic carbocycles. The number of benzene rings is 1. The zero-order chi connectivity index (χ0) is 15.6. The first kappa shape index (κ1) is 14.9. The second kappa shape index (κ2) is 5.88. The van der Waals surface area contributed by atoms with Crippen LogP contribution in [0.1, 0.15) is 16.1 Å². The third kappa shape index (κ3) is 3.16. The molecule has 0 spiro atoms. The van der Waals surface area contributed by atoms with E-state index in [4.69, 9.17) is 9.84 Å². The zero-order valence-corrected chi connectivity index (χ0v) is 12.3. The quantitative estimate of drug-likeness (QED) is 0.666. The van der Waals surface area contributed by atoms with Crippen LogP contribution in [0.3, 0.4) is 0 Å². The molecule has 1 N–H and O–H groups in total. The average Bonchev–Trinajstić information content (AvgIpc) is 2.42. The van der Waals surface area contributed by atoms with Gasteiger partial charge in [0.15, 0.2) is 11.4 Å². The highest BCUT2D eigenvalue weighted by Gasteiger charge is 2.18. The molecular formula is C13H9BrN2O5. The molecule has 1 aromatic heterocycles. The van der Waals surface area contributed by atoms with Crippen molar-refractivity contribution in [2.45, 2.75) is 6.92 Å². The van der Waals surface area contributed by atoms with Crippen molar-refractivity contribution in [3.05, 3.63) is 56.3 Å². The van der Waals surface area contributed by atoms with E-state index < -0.39 is 10.9 Å². The van der Waals surface area contributed by atoms with Gasteiger partial charge >= 0.3 is 5.97 Å². The number of nitrogens with zero attached hydrogens (tertiary/aromatic N) is 2. The number of nitro groups is 1. The third-order valence-corrected chi connectivity index (χ3v) is 3.26. The molecule has 1 aromatic carbocycles. The lowest BCUT2D eigenvalue weighted by atomic mass is 10.2. The molecule has 2 aromatic rings. The standard InChI is InChI=1S/C13H9BrN2O5/c1-7-5-11(8(14)6-9(7)16(19)20)21-10-3-2-4-15-12(10)13(17)18/h2-6H,1H3,(H,17,18). The second-order valence-electron chi connectivity index (χ2n) is 4.08. The normalized spacial score (nSPS) is 10.2. The monoisotopic (exact) mass is 352 g/mol.